The van der Waals surface area contributed by atoms with Gasteiger partial charge in [-0.25, -0.2) is 0 Å². The van der Waals surface area contributed by atoms with Gasteiger partial charge in [0.05, 0.1) is 18.6 Å². The molecule has 16 heavy (non-hydrogen) atoms. The summed E-state index contributed by atoms with van der Waals surface area (Å²) in [6.07, 6.45) is 4.22. The van der Waals surface area contributed by atoms with E-state index in [1.165, 1.54) is 0 Å². The van der Waals surface area contributed by atoms with Gasteiger partial charge in [-0.15, -0.1) is 0 Å². The van der Waals surface area contributed by atoms with E-state index < -0.39 is 17.4 Å². The summed E-state index contributed by atoms with van der Waals surface area (Å²) in [6.45, 7) is 0. The van der Waals surface area contributed by atoms with Crippen LogP contribution in [0.25, 0.3) is 0 Å². The molecule has 2 fully saturated rings. The van der Waals surface area contributed by atoms with Crippen LogP contribution in [0.4, 0.5) is 0 Å². The monoisotopic (exact) mass is 240 g/mol. The van der Waals surface area contributed by atoms with E-state index in [-0.39, 0.29) is 18.6 Å². The van der Waals surface area contributed by atoms with E-state index in [1.54, 1.807) is 11.8 Å². The minimum absolute atomic E-state index is 0.141. The van der Waals surface area contributed by atoms with Crippen molar-refractivity contribution in [2.24, 2.45) is 5.41 Å². The molecule has 0 amide bonds. The fourth-order valence-electron chi connectivity index (χ4n) is 2.43. The van der Waals surface area contributed by atoms with E-state index in [4.69, 9.17) is 9.47 Å². The van der Waals surface area contributed by atoms with E-state index in [1.807, 2.05) is 12.2 Å². The van der Waals surface area contributed by atoms with Gasteiger partial charge in [-0.05, 0) is 12.2 Å². The molecule has 3 atom stereocenters. The van der Waals surface area contributed by atoms with Crippen molar-refractivity contribution >= 4 is 23.7 Å². The molecule has 0 saturated carbocycles. The van der Waals surface area contributed by atoms with Crippen molar-refractivity contribution in [3.05, 3.63) is 12.2 Å². The lowest BCUT2D eigenvalue weighted by molar-refractivity contribution is -0.178. The molecule has 0 aromatic heterocycles. The van der Waals surface area contributed by atoms with E-state index in [2.05, 4.69) is 0 Å². The zero-order valence-corrected chi connectivity index (χ0v) is 9.50. The summed E-state index contributed by atoms with van der Waals surface area (Å²) >= 11 is 1.71. The number of esters is 2. The fourth-order valence-corrected chi connectivity index (χ4v) is 3.87. The molecule has 3 aliphatic rings. The highest BCUT2D eigenvalue weighted by Crippen LogP contribution is 2.45. The molecule has 3 unspecified atom stereocenters. The molecular weight excluding hydrogens is 228 g/mol. The predicted octanol–water partition coefficient (Wildman–Crippen LogP) is 0.907. The van der Waals surface area contributed by atoms with Gasteiger partial charge in [-0.2, -0.15) is 11.8 Å². The zero-order chi connectivity index (χ0) is 11.2. The summed E-state index contributed by atoms with van der Waals surface area (Å²) in [5.41, 5.74) is -0.633. The average molecular weight is 240 g/mol. The van der Waals surface area contributed by atoms with Gasteiger partial charge in [0.2, 0.25) is 0 Å². The molecule has 2 bridgehead atoms. The number of rotatable bonds is 0. The quantitative estimate of drug-likeness (QED) is 0.358. The Balaban J connectivity index is 1.97. The molecule has 4 nitrogen and oxygen atoms in total. The number of hydrogen-bond acceptors (Lipinski definition) is 5. The standard InChI is InChI=1S/C11H12O4S/c12-9-5-7-1-2-8(14-7)11(10(13)15-9)3-4-16-6-11/h1-2,7-8H,3-6H2. The van der Waals surface area contributed by atoms with Crippen molar-refractivity contribution in [3.63, 3.8) is 0 Å². The first-order chi connectivity index (χ1) is 7.71. The number of hydrogen-bond donors (Lipinski definition) is 0. The first-order valence-electron chi connectivity index (χ1n) is 5.37. The summed E-state index contributed by atoms with van der Waals surface area (Å²) in [7, 11) is 0. The van der Waals surface area contributed by atoms with Crippen LogP contribution in [0.2, 0.25) is 0 Å². The first-order valence-corrected chi connectivity index (χ1v) is 6.53. The van der Waals surface area contributed by atoms with Gasteiger partial charge < -0.3 is 9.47 Å². The largest absolute Gasteiger partial charge is 0.393 e. The second kappa shape index (κ2) is 3.60. The molecule has 86 valence electrons. The van der Waals surface area contributed by atoms with Crippen LogP contribution in [0, 0.1) is 5.41 Å². The molecule has 0 radical (unpaired) electrons. The van der Waals surface area contributed by atoms with Gasteiger partial charge >= 0.3 is 11.9 Å². The van der Waals surface area contributed by atoms with E-state index >= 15 is 0 Å². The zero-order valence-electron chi connectivity index (χ0n) is 8.68. The van der Waals surface area contributed by atoms with E-state index in [9.17, 15) is 9.59 Å². The lowest BCUT2D eigenvalue weighted by Gasteiger charge is -2.32. The Kier molecular flexibility index (Phi) is 2.33. The molecule has 3 aliphatic heterocycles. The van der Waals surface area contributed by atoms with E-state index in [0.29, 0.717) is 5.75 Å². The Morgan fingerprint density at radius 3 is 3.00 bits per heavy atom. The van der Waals surface area contributed by atoms with Gasteiger partial charge in [0.25, 0.3) is 0 Å². The number of carbonyl (C=O) groups excluding carboxylic acids is 2. The van der Waals surface area contributed by atoms with Crippen molar-refractivity contribution < 1.29 is 19.1 Å². The third-order valence-corrected chi connectivity index (χ3v) is 4.61. The van der Waals surface area contributed by atoms with Crippen molar-refractivity contribution in [2.75, 3.05) is 11.5 Å². The maximum atomic E-state index is 12.0. The second-order valence-corrected chi connectivity index (χ2v) is 5.51. The summed E-state index contributed by atoms with van der Waals surface area (Å²) in [5.74, 6) is 0.719. The maximum Gasteiger partial charge on any atom is 0.323 e. The third-order valence-electron chi connectivity index (χ3n) is 3.40. The second-order valence-electron chi connectivity index (χ2n) is 4.40. The van der Waals surface area contributed by atoms with Crippen LogP contribution in [-0.4, -0.2) is 35.7 Å². The molecule has 0 N–H and O–H groups in total. The van der Waals surface area contributed by atoms with Crippen molar-refractivity contribution in [2.45, 2.75) is 25.0 Å². The molecule has 3 rings (SSSR count). The fraction of sp³-hybridized carbons (Fsp3) is 0.636. The lowest BCUT2D eigenvalue weighted by atomic mass is 9.81. The van der Waals surface area contributed by atoms with Crippen LogP contribution in [-0.2, 0) is 19.1 Å². The van der Waals surface area contributed by atoms with Gasteiger partial charge in [-0.1, -0.05) is 12.2 Å². The van der Waals surface area contributed by atoms with Crippen LogP contribution in [0.5, 0.6) is 0 Å². The van der Waals surface area contributed by atoms with Crippen molar-refractivity contribution in [3.8, 4) is 0 Å². The summed E-state index contributed by atoms with van der Waals surface area (Å²) < 4.78 is 10.6. The maximum absolute atomic E-state index is 12.0. The summed E-state index contributed by atoms with van der Waals surface area (Å²) in [4.78, 5) is 23.4. The van der Waals surface area contributed by atoms with E-state index in [0.717, 1.165) is 12.2 Å². The number of fused-ring (bicyclic) bond motifs is 3. The van der Waals surface area contributed by atoms with Gasteiger partial charge in [0.15, 0.2) is 0 Å². The molecule has 0 aromatic rings. The highest BCUT2D eigenvalue weighted by molar-refractivity contribution is 7.99. The smallest absolute Gasteiger partial charge is 0.323 e. The molecule has 1 spiro atoms. The van der Waals surface area contributed by atoms with Crippen molar-refractivity contribution in [1.29, 1.82) is 0 Å². The van der Waals surface area contributed by atoms with Crippen LogP contribution in [0.3, 0.4) is 0 Å². The van der Waals surface area contributed by atoms with Crippen molar-refractivity contribution in [1.82, 2.24) is 0 Å². The number of thioether (sulfide) groups is 1. The topological polar surface area (TPSA) is 52.6 Å². The summed E-state index contributed by atoms with van der Waals surface area (Å²) in [5, 5.41) is 0. The average Bonchev–Trinajstić information content (AvgIpc) is 2.83. The summed E-state index contributed by atoms with van der Waals surface area (Å²) in [6, 6.07) is 0. The highest BCUT2D eigenvalue weighted by atomic mass is 32.2. The Bertz CT molecular complexity index is 370. The number of carbonyl (C=O) groups is 2. The highest BCUT2D eigenvalue weighted by Gasteiger charge is 2.53. The molecular formula is C11H12O4S. The van der Waals surface area contributed by atoms with Crippen LogP contribution < -0.4 is 0 Å². The van der Waals surface area contributed by atoms with Crippen LogP contribution >= 0.6 is 11.8 Å². The molecule has 0 aliphatic carbocycles. The molecule has 3 heterocycles. The minimum atomic E-state index is -0.633. The molecule has 2 saturated heterocycles. The Hall–Kier alpha value is -0.810. The molecule has 0 aromatic carbocycles. The lowest BCUT2D eigenvalue weighted by Crippen LogP contribution is -2.46. The minimum Gasteiger partial charge on any atom is -0.393 e. The SMILES string of the molecule is O=C1CC2C=CC(O2)C2(CCSC2)C(=O)O1. The number of cyclic esters (lactones) is 2. The Morgan fingerprint density at radius 2 is 2.25 bits per heavy atom. The Labute approximate surface area is 97.4 Å². The third kappa shape index (κ3) is 1.42. The predicted molar refractivity (Wildman–Crippen MR) is 57.9 cm³/mol. The number of ether oxygens (including phenoxy) is 2. The Morgan fingerprint density at radius 1 is 1.38 bits per heavy atom. The van der Waals surface area contributed by atoms with Gasteiger partial charge in [0, 0.05) is 5.75 Å². The van der Waals surface area contributed by atoms with Gasteiger partial charge in [-0.3, -0.25) is 9.59 Å². The van der Waals surface area contributed by atoms with Crippen LogP contribution in [0.15, 0.2) is 12.2 Å². The van der Waals surface area contributed by atoms with Gasteiger partial charge in [0.1, 0.15) is 5.41 Å². The first kappa shape index (κ1) is 10.4. The van der Waals surface area contributed by atoms with Crippen LogP contribution in [0.1, 0.15) is 12.8 Å². The normalized spacial score (nSPS) is 42.2. The molecule has 5 heteroatoms.